The lowest BCUT2D eigenvalue weighted by Crippen LogP contribution is -2.12. The molecule has 4 nitrogen and oxygen atoms in total. The lowest BCUT2D eigenvalue weighted by Gasteiger charge is -2.15. The van der Waals surface area contributed by atoms with Crippen LogP contribution in [0.25, 0.3) is 0 Å². The molecule has 0 saturated carbocycles. The fourth-order valence-electron chi connectivity index (χ4n) is 2.28. The Morgan fingerprint density at radius 2 is 2.19 bits per heavy atom. The molecule has 0 aliphatic rings. The van der Waals surface area contributed by atoms with Crippen LogP contribution >= 0.6 is 0 Å². The molecule has 1 heterocycles. The van der Waals surface area contributed by atoms with E-state index in [1.165, 1.54) is 12.8 Å². The second-order valence-corrected chi connectivity index (χ2v) is 6.68. The van der Waals surface area contributed by atoms with Crippen LogP contribution in [0.4, 0.5) is 5.69 Å². The van der Waals surface area contributed by atoms with Crippen molar-refractivity contribution in [2.75, 3.05) is 11.9 Å². The van der Waals surface area contributed by atoms with Crippen molar-refractivity contribution in [3.05, 3.63) is 42.2 Å². The normalized spacial score (nSPS) is 13.8. The minimum atomic E-state index is -1.14. The highest BCUT2D eigenvalue weighted by molar-refractivity contribution is 7.84. The van der Waals surface area contributed by atoms with Crippen LogP contribution < -0.4 is 5.32 Å². The molecule has 0 bridgehead atoms. The molecule has 21 heavy (non-hydrogen) atoms. The molecule has 2 aromatic rings. The first-order valence-corrected chi connectivity index (χ1v) is 8.72. The van der Waals surface area contributed by atoms with Gasteiger partial charge in [0.1, 0.15) is 0 Å². The van der Waals surface area contributed by atoms with Gasteiger partial charge in [-0.2, -0.15) is 0 Å². The van der Waals surface area contributed by atoms with Crippen LogP contribution in [0.2, 0.25) is 0 Å². The molecule has 2 rings (SSSR count). The Labute approximate surface area is 128 Å². The van der Waals surface area contributed by atoms with E-state index in [1.54, 1.807) is 12.4 Å². The van der Waals surface area contributed by atoms with Crippen molar-refractivity contribution in [2.24, 2.45) is 5.92 Å². The summed E-state index contributed by atoms with van der Waals surface area (Å²) in [6.07, 6.45) is 5.74. The average Bonchev–Trinajstić information content (AvgIpc) is 3.01. The molecule has 0 fully saturated rings. The van der Waals surface area contributed by atoms with Gasteiger partial charge in [0.15, 0.2) is 5.16 Å². The highest BCUT2D eigenvalue weighted by Crippen LogP contribution is 2.19. The quantitative estimate of drug-likeness (QED) is 0.784. The maximum atomic E-state index is 12.3. The second kappa shape index (κ2) is 7.98. The monoisotopic (exact) mass is 305 g/mol. The molecular weight excluding hydrogens is 282 g/mol. The van der Waals surface area contributed by atoms with Crippen molar-refractivity contribution in [2.45, 2.75) is 37.6 Å². The Balaban J connectivity index is 2.01. The first-order valence-electron chi connectivity index (χ1n) is 7.40. The zero-order chi connectivity index (χ0) is 15.1. The third-order valence-electron chi connectivity index (χ3n) is 3.42. The van der Waals surface area contributed by atoms with Crippen LogP contribution in [0.15, 0.2) is 41.8 Å². The van der Waals surface area contributed by atoms with Crippen LogP contribution in [0, 0.1) is 5.92 Å². The van der Waals surface area contributed by atoms with Crippen molar-refractivity contribution in [1.29, 1.82) is 0 Å². The summed E-state index contributed by atoms with van der Waals surface area (Å²) in [5.41, 5.74) is 2.14. The van der Waals surface area contributed by atoms with Gasteiger partial charge in [-0.15, -0.1) is 0 Å². The maximum Gasteiger partial charge on any atom is 0.196 e. The van der Waals surface area contributed by atoms with E-state index in [1.807, 2.05) is 24.3 Å². The number of anilines is 1. The molecule has 5 heteroatoms. The standard InChI is InChI=1S/C16H23N3OS/c1-3-6-13(2)11-19-15-8-5-4-7-14(15)12-21(20)16-17-9-10-18-16/h4-5,7-10,13,19H,3,6,11-12H2,1-2H3,(H,17,18). The molecular formula is C16H23N3OS. The van der Waals surface area contributed by atoms with Crippen molar-refractivity contribution in [3.63, 3.8) is 0 Å². The lowest BCUT2D eigenvalue weighted by molar-refractivity contribution is 0.550. The van der Waals surface area contributed by atoms with E-state index in [2.05, 4.69) is 29.1 Å². The topological polar surface area (TPSA) is 57.8 Å². The molecule has 0 saturated heterocycles. The molecule has 1 aromatic carbocycles. The van der Waals surface area contributed by atoms with Crippen molar-refractivity contribution < 1.29 is 4.21 Å². The number of aromatic amines is 1. The number of para-hydroxylation sites is 1. The summed E-state index contributed by atoms with van der Waals surface area (Å²) in [5.74, 6) is 1.11. The third kappa shape index (κ3) is 4.70. The zero-order valence-corrected chi connectivity index (χ0v) is 13.5. The van der Waals surface area contributed by atoms with E-state index in [-0.39, 0.29) is 0 Å². The molecule has 0 aliphatic carbocycles. The summed E-state index contributed by atoms with van der Waals surface area (Å²) in [6, 6.07) is 8.06. The van der Waals surface area contributed by atoms with Gasteiger partial charge in [0.2, 0.25) is 0 Å². The minimum absolute atomic E-state index is 0.471. The van der Waals surface area contributed by atoms with E-state index in [9.17, 15) is 4.21 Å². The fourth-order valence-corrected chi connectivity index (χ4v) is 3.33. The molecule has 0 spiro atoms. The highest BCUT2D eigenvalue weighted by Gasteiger charge is 2.11. The number of nitrogens with one attached hydrogen (secondary N) is 2. The summed E-state index contributed by atoms with van der Waals surface area (Å²) in [7, 11) is -1.14. The van der Waals surface area contributed by atoms with E-state index in [0.717, 1.165) is 17.8 Å². The van der Waals surface area contributed by atoms with Gasteiger partial charge in [-0.05, 0) is 24.0 Å². The van der Waals surface area contributed by atoms with Crippen molar-refractivity contribution >= 4 is 16.5 Å². The number of H-pyrrole nitrogens is 1. The van der Waals surface area contributed by atoms with E-state index in [0.29, 0.717) is 16.8 Å². The number of rotatable bonds is 8. The second-order valence-electron chi connectivity index (χ2n) is 5.32. The van der Waals surface area contributed by atoms with Gasteiger partial charge in [-0.3, -0.25) is 4.21 Å². The van der Waals surface area contributed by atoms with Crippen molar-refractivity contribution in [1.82, 2.24) is 9.97 Å². The highest BCUT2D eigenvalue weighted by atomic mass is 32.2. The smallest absolute Gasteiger partial charge is 0.196 e. The van der Waals surface area contributed by atoms with Gasteiger partial charge in [-0.1, -0.05) is 38.5 Å². The van der Waals surface area contributed by atoms with Gasteiger partial charge in [0.25, 0.3) is 0 Å². The molecule has 0 amide bonds. The minimum Gasteiger partial charge on any atom is -0.385 e. The van der Waals surface area contributed by atoms with Crippen LogP contribution in [-0.4, -0.2) is 20.7 Å². The third-order valence-corrected chi connectivity index (χ3v) is 4.64. The SMILES string of the molecule is CCCC(C)CNc1ccccc1CS(=O)c1ncc[nH]1. The predicted octanol–water partition coefficient (Wildman–Crippen LogP) is 3.57. The predicted molar refractivity (Wildman–Crippen MR) is 87.7 cm³/mol. The van der Waals surface area contributed by atoms with Gasteiger partial charge in [-0.25, -0.2) is 4.98 Å². The largest absolute Gasteiger partial charge is 0.385 e. The number of aromatic nitrogens is 2. The van der Waals surface area contributed by atoms with Crippen LogP contribution in [-0.2, 0) is 16.6 Å². The first kappa shape index (κ1) is 15.8. The lowest BCUT2D eigenvalue weighted by atomic mass is 10.1. The number of nitrogens with zero attached hydrogens (tertiary/aromatic N) is 1. The number of imidazole rings is 1. The van der Waals surface area contributed by atoms with Crippen LogP contribution in [0.5, 0.6) is 0 Å². The molecule has 2 atom stereocenters. The Hall–Kier alpha value is -1.62. The van der Waals surface area contributed by atoms with Gasteiger partial charge in [0, 0.05) is 24.6 Å². The Morgan fingerprint density at radius 3 is 2.90 bits per heavy atom. The molecule has 2 N–H and O–H groups in total. The summed E-state index contributed by atoms with van der Waals surface area (Å²) >= 11 is 0. The summed E-state index contributed by atoms with van der Waals surface area (Å²) < 4.78 is 12.3. The molecule has 0 radical (unpaired) electrons. The van der Waals surface area contributed by atoms with E-state index < -0.39 is 10.8 Å². The van der Waals surface area contributed by atoms with Gasteiger partial charge >= 0.3 is 0 Å². The molecule has 1 aromatic heterocycles. The summed E-state index contributed by atoms with van der Waals surface area (Å²) in [5, 5.41) is 4.02. The van der Waals surface area contributed by atoms with Gasteiger partial charge in [0.05, 0.1) is 16.6 Å². The van der Waals surface area contributed by atoms with Crippen molar-refractivity contribution in [3.8, 4) is 0 Å². The summed E-state index contributed by atoms with van der Waals surface area (Å²) in [4.78, 5) is 6.98. The molecule has 2 unspecified atom stereocenters. The molecule has 0 aliphatic heterocycles. The number of hydrogen-bond donors (Lipinski definition) is 2. The Kier molecular flexibility index (Phi) is 5.99. The maximum absolute atomic E-state index is 12.3. The average molecular weight is 305 g/mol. The van der Waals surface area contributed by atoms with Crippen LogP contribution in [0.3, 0.4) is 0 Å². The molecule has 114 valence electrons. The van der Waals surface area contributed by atoms with Gasteiger partial charge < -0.3 is 10.3 Å². The number of hydrogen-bond acceptors (Lipinski definition) is 3. The number of benzene rings is 1. The Bertz CT molecular complexity index is 569. The first-order chi connectivity index (χ1) is 10.2. The Morgan fingerprint density at radius 1 is 1.38 bits per heavy atom. The van der Waals surface area contributed by atoms with E-state index >= 15 is 0 Å². The zero-order valence-electron chi connectivity index (χ0n) is 12.6. The summed E-state index contributed by atoms with van der Waals surface area (Å²) in [6.45, 7) is 5.40. The van der Waals surface area contributed by atoms with E-state index in [4.69, 9.17) is 0 Å². The fraction of sp³-hybridized carbons (Fsp3) is 0.438. The van der Waals surface area contributed by atoms with Crippen LogP contribution in [0.1, 0.15) is 32.3 Å².